The van der Waals surface area contributed by atoms with E-state index in [1.165, 1.54) is 49.2 Å². The molecule has 3 aliphatic heterocycles. The molecule has 5 rings (SSSR count). The second-order valence-electron chi connectivity index (χ2n) is 10.2. The van der Waals surface area contributed by atoms with Gasteiger partial charge in [-0.25, -0.2) is 28.7 Å². The first kappa shape index (κ1) is 31.2. The smallest absolute Gasteiger partial charge is 0.352 e. The van der Waals surface area contributed by atoms with E-state index in [4.69, 9.17) is 4.74 Å². The van der Waals surface area contributed by atoms with E-state index in [1.54, 1.807) is 24.3 Å². The van der Waals surface area contributed by atoms with Crippen molar-refractivity contribution in [3.8, 4) is 0 Å². The lowest BCUT2D eigenvalue weighted by atomic mass is 10.0. The standard InChI is InChI=1S/C29H27FN6O8S/c1-16(37)44-14-19-15-45-26-23(25(39)36(26)24(19)27(40)41)33-22(38)12-18-3-2-4-21(11-18)32-28(42)34-9-10-35(29(34)43)31-13-17-5-7-20(30)8-6-17/h2-8,11,13,23,26H,9-10,12,14-15H2,1H3,(H,32,42)(H,33,38)(H,40,41)/t23?,26-/m0/s1. The molecular weight excluding hydrogens is 611 g/mol. The first-order valence-electron chi connectivity index (χ1n) is 13.6. The number of hydrogen-bond donors (Lipinski definition) is 3. The summed E-state index contributed by atoms with van der Waals surface area (Å²) in [5, 5.41) is 19.5. The summed E-state index contributed by atoms with van der Waals surface area (Å²) >= 11 is 1.25. The van der Waals surface area contributed by atoms with Crippen molar-refractivity contribution in [1.29, 1.82) is 0 Å². The number of hydrogen-bond acceptors (Lipinski definition) is 9. The van der Waals surface area contributed by atoms with Crippen LogP contribution in [0.25, 0.3) is 0 Å². The van der Waals surface area contributed by atoms with Gasteiger partial charge in [-0.1, -0.05) is 24.3 Å². The number of anilines is 1. The molecule has 14 nitrogen and oxygen atoms in total. The van der Waals surface area contributed by atoms with Gasteiger partial charge in [0.2, 0.25) is 5.91 Å². The van der Waals surface area contributed by atoms with Crippen molar-refractivity contribution in [3.05, 3.63) is 76.7 Å². The second kappa shape index (κ2) is 13.2. The number of amides is 6. The Morgan fingerprint density at radius 1 is 1.13 bits per heavy atom. The first-order chi connectivity index (χ1) is 21.5. The van der Waals surface area contributed by atoms with E-state index in [0.717, 1.165) is 14.8 Å². The zero-order valence-corrected chi connectivity index (χ0v) is 24.6. The van der Waals surface area contributed by atoms with Crippen LogP contribution in [0, 0.1) is 5.82 Å². The molecule has 2 fully saturated rings. The number of carboxylic acid groups (broad SMARTS) is 1. The summed E-state index contributed by atoms with van der Waals surface area (Å²) in [6.07, 6.45) is 1.25. The molecule has 234 valence electrons. The highest BCUT2D eigenvalue weighted by molar-refractivity contribution is 8.00. The summed E-state index contributed by atoms with van der Waals surface area (Å²) in [4.78, 5) is 76.3. The molecule has 16 heteroatoms. The Morgan fingerprint density at radius 2 is 1.89 bits per heavy atom. The average Bonchev–Trinajstić information content (AvgIpc) is 3.38. The van der Waals surface area contributed by atoms with Gasteiger partial charge in [0.15, 0.2) is 0 Å². The maximum absolute atomic E-state index is 13.1. The van der Waals surface area contributed by atoms with Crippen LogP contribution in [0.5, 0.6) is 0 Å². The number of hydrazone groups is 1. The predicted octanol–water partition coefficient (Wildman–Crippen LogP) is 1.97. The molecule has 0 spiro atoms. The van der Waals surface area contributed by atoms with Crippen molar-refractivity contribution in [2.45, 2.75) is 24.8 Å². The van der Waals surface area contributed by atoms with Gasteiger partial charge in [0.05, 0.1) is 25.7 Å². The first-order valence-corrected chi connectivity index (χ1v) is 14.7. The average molecular weight is 639 g/mol. The number of esters is 1. The van der Waals surface area contributed by atoms with Gasteiger partial charge < -0.3 is 20.5 Å². The van der Waals surface area contributed by atoms with Crippen LogP contribution < -0.4 is 10.6 Å². The number of β-lactam (4-membered cyclic amide) rings is 1. The summed E-state index contributed by atoms with van der Waals surface area (Å²) in [7, 11) is 0. The highest BCUT2D eigenvalue weighted by Gasteiger charge is 2.54. The van der Waals surface area contributed by atoms with Gasteiger partial charge in [-0.3, -0.25) is 19.3 Å². The summed E-state index contributed by atoms with van der Waals surface area (Å²) in [6, 6.07) is 9.68. The van der Waals surface area contributed by atoms with Gasteiger partial charge in [0.25, 0.3) is 5.91 Å². The number of carboxylic acids is 1. The van der Waals surface area contributed by atoms with Gasteiger partial charge in [0.1, 0.15) is 29.5 Å². The van der Waals surface area contributed by atoms with Crippen LogP contribution >= 0.6 is 11.8 Å². The van der Waals surface area contributed by atoms with Crippen molar-refractivity contribution >= 4 is 59.5 Å². The zero-order valence-electron chi connectivity index (χ0n) is 23.8. The maximum atomic E-state index is 13.1. The number of benzene rings is 2. The third-order valence-electron chi connectivity index (χ3n) is 7.01. The largest absolute Gasteiger partial charge is 0.477 e. The number of imide groups is 1. The molecule has 0 aliphatic carbocycles. The van der Waals surface area contributed by atoms with E-state index >= 15 is 0 Å². The molecule has 6 amide bonds. The van der Waals surface area contributed by atoms with Crippen molar-refractivity contribution < 1.29 is 43.0 Å². The lowest BCUT2D eigenvalue weighted by Gasteiger charge is -2.49. The fourth-order valence-corrected chi connectivity index (χ4v) is 6.18. The normalized spacial score (nSPS) is 19.4. The van der Waals surface area contributed by atoms with Crippen molar-refractivity contribution in [1.82, 2.24) is 20.1 Å². The van der Waals surface area contributed by atoms with Crippen LogP contribution in [0.15, 0.2) is 64.9 Å². The number of nitrogens with zero attached hydrogens (tertiary/aromatic N) is 4. The number of nitrogens with one attached hydrogen (secondary N) is 2. The lowest BCUT2D eigenvalue weighted by molar-refractivity contribution is -0.151. The number of fused-ring (bicyclic) bond motifs is 1. The molecule has 2 saturated heterocycles. The maximum Gasteiger partial charge on any atom is 0.352 e. The molecule has 1 unspecified atom stereocenters. The van der Waals surface area contributed by atoms with Crippen LogP contribution in [-0.2, 0) is 30.3 Å². The fourth-order valence-electron chi connectivity index (χ4n) is 4.85. The van der Waals surface area contributed by atoms with Gasteiger partial charge in [-0.15, -0.1) is 11.8 Å². The number of thioether (sulfide) groups is 1. The van der Waals surface area contributed by atoms with Crippen LogP contribution in [0.3, 0.4) is 0 Å². The van der Waals surface area contributed by atoms with Crippen molar-refractivity contribution in [3.63, 3.8) is 0 Å². The van der Waals surface area contributed by atoms with E-state index in [0.29, 0.717) is 16.8 Å². The third kappa shape index (κ3) is 6.95. The molecule has 0 radical (unpaired) electrons. The number of carbonyl (C=O) groups is 6. The third-order valence-corrected chi connectivity index (χ3v) is 8.35. The fraction of sp³-hybridized carbons (Fsp3) is 0.276. The van der Waals surface area contributed by atoms with Gasteiger partial charge in [0, 0.05) is 23.9 Å². The van der Waals surface area contributed by atoms with Crippen LogP contribution in [-0.4, -0.2) is 98.8 Å². The number of carbonyl (C=O) groups excluding carboxylic acids is 5. The predicted molar refractivity (Wildman–Crippen MR) is 158 cm³/mol. The number of urea groups is 2. The minimum absolute atomic E-state index is 0.0865. The molecule has 3 N–H and O–H groups in total. The zero-order chi connectivity index (χ0) is 32.2. The molecule has 0 bridgehead atoms. The Kier molecular flexibility index (Phi) is 9.13. The van der Waals surface area contributed by atoms with E-state index in [2.05, 4.69) is 15.7 Å². The number of rotatable bonds is 9. The SMILES string of the molecule is CC(=O)OCC1=C(C(=O)O)N2C(=O)C(NC(=O)Cc3cccc(NC(=O)N4CCN(N=Cc5ccc(F)cc5)C4=O)c3)[C@@H]2SC1. The lowest BCUT2D eigenvalue weighted by Crippen LogP contribution is -2.70. The van der Waals surface area contributed by atoms with Gasteiger partial charge in [-0.05, 0) is 35.4 Å². The monoisotopic (exact) mass is 638 g/mol. The summed E-state index contributed by atoms with van der Waals surface area (Å²) < 4.78 is 18.0. The Morgan fingerprint density at radius 3 is 2.60 bits per heavy atom. The molecule has 2 aromatic carbocycles. The van der Waals surface area contributed by atoms with E-state index in [1.807, 2.05) is 0 Å². The summed E-state index contributed by atoms with van der Waals surface area (Å²) in [6.45, 7) is 1.20. The molecule has 2 aromatic rings. The minimum atomic E-state index is -1.33. The Balaban J connectivity index is 1.15. The van der Waals surface area contributed by atoms with Crippen LogP contribution in [0.1, 0.15) is 18.1 Å². The number of ether oxygens (including phenoxy) is 1. The molecule has 3 heterocycles. The number of halogens is 1. The van der Waals surface area contributed by atoms with Crippen molar-refractivity contribution in [2.75, 3.05) is 30.8 Å². The van der Waals surface area contributed by atoms with E-state index < -0.39 is 53.0 Å². The molecule has 45 heavy (non-hydrogen) atoms. The molecule has 0 saturated carbocycles. The van der Waals surface area contributed by atoms with Gasteiger partial charge in [-0.2, -0.15) is 5.10 Å². The summed E-state index contributed by atoms with van der Waals surface area (Å²) in [5.74, 6) is -3.19. The molecule has 0 aromatic heterocycles. The van der Waals surface area contributed by atoms with Crippen LogP contribution in [0.2, 0.25) is 0 Å². The van der Waals surface area contributed by atoms with Crippen molar-refractivity contribution in [2.24, 2.45) is 5.10 Å². The molecular formula is C29H27FN6O8S. The topological polar surface area (TPSA) is 178 Å². The van der Waals surface area contributed by atoms with E-state index in [9.17, 15) is 38.3 Å². The molecule has 3 aliphatic rings. The Labute approximate surface area is 259 Å². The van der Waals surface area contributed by atoms with E-state index in [-0.39, 0.29) is 43.1 Å². The minimum Gasteiger partial charge on any atom is -0.477 e. The Hall–Kier alpha value is -5.25. The van der Waals surface area contributed by atoms with Gasteiger partial charge >= 0.3 is 24.0 Å². The summed E-state index contributed by atoms with van der Waals surface area (Å²) in [5.41, 5.74) is 1.46. The number of aliphatic carboxylic acids is 1. The highest BCUT2D eigenvalue weighted by Crippen LogP contribution is 2.40. The quantitative estimate of drug-likeness (QED) is 0.210. The second-order valence-corrected chi connectivity index (χ2v) is 11.3. The van der Waals surface area contributed by atoms with Crippen LogP contribution in [0.4, 0.5) is 19.7 Å². The highest BCUT2D eigenvalue weighted by atomic mass is 32.2. The Bertz CT molecular complexity index is 1630. The molecule has 2 atom stereocenters.